The zero-order valence-corrected chi connectivity index (χ0v) is 11.7. The zero-order chi connectivity index (χ0) is 12.8. The lowest BCUT2D eigenvalue weighted by atomic mass is 9.89. The van der Waals surface area contributed by atoms with Crippen LogP contribution in [0.3, 0.4) is 0 Å². The van der Waals surface area contributed by atoms with Crippen molar-refractivity contribution in [1.82, 2.24) is 10.2 Å². The molecule has 1 N–H and O–H groups in total. The van der Waals surface area contributed by atoms with Crippen LogP contribution in [0.25, 0.3) is 0 Å². The van der Waals surface area contributed by atoms with E-state index in [0.717, 1.165) is 19.1 Å². The highest BCUT2D eigenvalue weighted by Crippen LogP contribution is 2.49. The smallest absolute Gasteiger partial charge is 0.0535 e. The van der Waals surface area contributed by atoms with Gasteiger partial charge in [0.1, 0.15) is 0 Å². The lowest BCUT2D eigenvalue weighted by Gasteiger charge is -2.42. The second-order valence-corrected chi connectivity index (χ2v) is 6.80. The summed E-state index contributed by atoms with van der Waals surface area (Å²) in [7, 11) is 0. The number of benzene rings is 1. The fourth-order valence-electron chi connectivity index (χ4n) is 3.34. The molecular formula is C16H24N2. The Kier molecular flexibility index (Phi) is 2.76. The van der Waals surface area contributed by atoms with Crippen molar-refractivity contribution in [3.63, 3.8) is 0 Å². The van der Waals surface area contributed by atoms with Gasteiger partial charge in [-0.1, -0.05) is 44.2 Å². The molecule has 0 amide bonds. The first-order chi connectivity index (χ1) is 8.51. The van der Waals surface area contributed by atoms with Crippen LogP contribution in [0.1, 0.15) is 32.8 Å². The third-order valence-electron chi connectivity index (χ3n) is 4.75. The standard InChI is InChI=1S/C16H24N2/c1-15(2)11-14(15)18-10-9-17-16(3,12-18)13-7-5-4-6-8-13/h4-8,14,17H,9-12H2,1-3H3. The molecule has 2 unspecified atom stereocenters. The fraction of sp³-hybridized carbons (Fsp3) is 0.625. The van der Waals surface area contributed by atoms with Crippen molar-refractivity contribution in [1.29, 1.82) is 0 Å². The van der Waals surface area contributed by atoms with E-state index in [-0.39, 0.29) is 5.54 Å². The lowest BCUT2D eigenvalue weighted by Crippen LogP contribution is -2.57. The van der Waals surface area contributed by atoms with E-state index in [0.29, 0.717) is 5.41 Å². The molecule has 18 heavy (non-hydrogen) atoms. The Labute approximate surface area is 110 Å². The van der Waals surface area contributed by atoms with E-state index in [1.54, 1.807) is 0 Å². The molecule has 1 aliphatic heterocycles. The highest BCUT2D eigenvalue weighted by atomic mass is 15.3. The molecule has 0 spiro atoms. The number of nitrogens with zero attached hydrogens (tertiary/aromatic N) is 1. The van der Waals surface area contributed by atoms with E-state index in [9.17, 15) is 0 Å². The van der Waals surface area contributed by atoms with Gasteiger partial charge in [0.25, 0.3) is 0 Å². The normalized spacial score (nSPS) is 35.4. The molecule has 0 radical (unpaired) electrons. The Hall–Kier alpha value is -0.860. The summed E-state index contributed by atoms with van der Waals surface area (Å²) >= 11 is 0. The first kappa shape index (κ1) is 12.2. The molecule has 98 valence electrons. The number of piperazine rings is 1. The van der Waals surface area contributed by atoms with Crippen LogP contribution < -0.4 is 5.32 Å². The predicted octanol–water partition coefficient (Wildman–Crippen LogP) is 2.61. The Balaban J connectivity index is 1.78. The summed E-state index contributed by atoms with van der Waals surface area (Å²) in [5.41, 5.74) is 2.06. The Bertz CT molecular complexity index is 426. The number of nitrogens with one attached hydrogen (secondary N) is 1. The molecule has 1 saturated heterocycles. The summed E-state index contributed by atoms with van der Waals surface area (Å²) in [5.74, 6) is 0. The van der Waals surface area contributed by atoms with Crippen molar-refractivity contribution in [2.45, 2.75) is 38.8 Å². The third-order valence-corrected chi connectivity index (χ3v) is 4.75. The van der Waals surface area contributed by atoms with Crippen molar-refractivity contribution in [2.24, 2.45) is 5.41 Å². The molecule has 3 rings (SSSR count). The molecule has 2 aliphatic rings. The summed E-state index contributed by atoms with van der Waals surface area (Å²) in [5, 5.41) is 3.71. The maximum atomic E-state index is 3.71. The largest absolute Gasteiger partial charge is 0.305 e. The molecule has 1 heterocycles. The lowest BCUT2D eigenvalue weighted by molar-refractivity contribution is 0.123. The van der Waals surface area contributed by atoms with Crippen LogP contribution in [0.5, 0.6) is 0 Å². The van der Waals surface area contributed by atoms with Gasteiger partial charge < -0.3 is 5.32 Å². The fourth-order valence-corrected chi connectivity index (χ4v) is 3.34. The van der Waals surface area contributed by atoms with Crippen LogP contribution in [-0.2, 0) is 5.54 Å². The third kappa shape index (κ3) is 2.08. The van der Waals surface area contributed by atoms with E-state index in [4.69, 9.17) is 0 Å². The summed E-state index contributed by atoms with van der Waals surface area (Å²) in [6.07, 6.45) is 1.36. The molecule has 2 nitrogen and oxygen atoms in total. The maximum absolute atomic E-state index is 3.71. The van der Waals surface area contributed by atoms with E-state index >= 15 is 0 Å². The number of rotatable bonds is 2. The molecule has 1 aromatic rings. The van der Waals surface area contributed by atoms with Gasteiger partial charge in [-0.2, -0.15) is 0 Å². The van der Waals surface area contributed by atoms with Crippen LogP contribution in [0.4, 0.5) is 0 Å². The highest BCUT2D eigenvalue weighted by molar-refractivity contribution is 5.25. The van der Waals surface area contributed by atoms with E-state index in [1.807, 2.05) is 0 Å². The second kappa shape index (κ2) is 4.07. The van der Waals surface area contributed by atoms with Gasteiger partial charge in [-0.15, -0.1) is 0 Å². The molecule has 0 bridgehead atoms. The Morgan fingerprint density at radius 3 is 2.44 bits per heavy atom. The second-order valence-electron chi connectivity index (χ2n) is 6.80. The van der Waals surface area contributed by atoms with Gasteiger partial charge in [-0.25, -0.2) is 0 Å². The van der Waals surface area contributed by atoms with Gasteiger partial charge in [0, 0.05) is 25.7 Å². The first-order valence-corrected chi connectivity index (χ1v) is 7.06. The summed E-state index contributed by atoms with van der Waals surface area (Å²) in [6, 6.07) is 11.7. The van der Waals surface area contributed by atoms with Gasteiger partial charge in [0.15, 0.2) is 0 Å². The maximum Gasteiger partial charge on any atom is 0.0535 e. The Morgan fingerprint density at radius 2 is 1.83 bits per heavy atom. The minimum Gasteiger partial charge on any atom is -0.305 e. The molecule has 2 atom stereocenters. The molecule has 1 aromatic carbocycles. The van der Waals surface area contributed by atoms with Crippen LogP contribution in [-0.4, -0.2) is 30.6 Å². The molecule has 1 aliphatic carbocycles. The summed E-state index contributed by atoms with van der Waals surface area (Å²) in [6.45, 7) is 10.5. The monoisotopic (exact) mass is 244 g/mol. The van der Waals surface area contributed by atoms with Gasteiger partial charge in [-0.05, 0) is 24.3 Å². The van der Waals surface area contributed by atoms with E-state index in [1.165, 1.54) is 18.5 Å². The quantitative estimate of drug-likeness (QED) is 0.860. The number of hydrogen-bond acceptors (Lipinski definition) is 2. The van der Waals surface area contributed by atoms with Crippen LogP contribution in [0.2, 0.25) is 0 Å². The number of hydrogen-bond donors (Lipinski definition) is 1. The van der Waals surface area contributed by atoms with Crippen LogP contribution in [0.15, 0.2) is 30.3 Å². The molecule has 2 heteroatoms. The van der Waals surface area contributed by atoms with Gasteiger partial charge in [0.2, 0.25) is 0 Å². The van der Waals surface area contributed by atoms with Gasteiger partial charge in [-0.3, -0.25) is 4.90 Å². The van der Waals surface area contributed by atoms with Crippen LogP contribution >= 0.6 is 0 Å². The predicted molar refractivity (Wildman–Crippen MR) is 75.6 cm³/mol. The van der Waals surface area contributed by atoms with E-state index in [2.05, 4.69) is 61.3 Å². The molecule has 2 fully saturated rings. The van der Waals surface area contributed by atoms with Crippen molar-refractivity contribution >= 4 is 0 Å². The molecule has 1 saturated carbocycles. The minimum absolute atomic E-state index is 0.109. The van der Waals surface area contributed by atoms with Crippen molar-refractivity contribution in [2.75, 3.05) is 19.6 Å². The first-order valence-electron chi connectivity index (χ1n) is 7.06. The summed E-state index contributed by atoms with van der Waals surface area (Å²) < 4.78 is 0. The minimum atomic E-state index is 0.109. The average molecular weight is 244 g/mol. The summed E-state index contributed by atoms with van der Waals surface area (Å²) in [4.78, 5) is 2.68. The topological polar surface area (TPSA) is 15.3 Å². The molecule has 0 aromatic heterocycles. The highest BCUT2D eigenvalue weighted by Gasteiger charge is 2.51. The van der Waals surface area contributed by atoms with Gasteiger partial charge in [0.05, 0.1) is 5.54 Å². The molecular weight excluding hydrogens is 220 g/mol. The van der Waals surface area contributed by atoms with Crippen molar-refractivity contribution < 1.29 is 0 Å². The van der Waals surface area contributed by atoms with Gasteiger partial charge >= 0.3 is 0 Å². The zero-order valence-electron chi connectivity index (χ0n) is 11.7. The SMILES string of the molecule is CC1(c2ccccc2)CN(C2CC2(C)C)CCN1. The van der Waals surface area contributed by atoms with Crippen LogP contribution in [0, 0.1) is 5.41 Å². The average Bonchev–Trinajstić information content (AvgIpc) is 3.00. The van der Waals surface area contributed by atoms with Crippen molar-refractivity contribution in [3.05, 3.63) is 35.9 Å². The van der Waals surface area contributed by atoms with Crippen molar-refractivity contribution in [3.8, 4) is 0 Å². The Morgan fingerprint density at radius 1 is 1.17 bits per heavy atom. The van der Waals surface area contributed by atoms with E-state index < -0.39 is 0 Å².